The van der Waals surface area contributed by atoms with Crippen LogP contribution >= 0.6 is 15.9 Å². The van der Waals surface area contributed by atoms with Gasteiger partial charge in [-0.1, -0.05) is 34.1 Å². The van der Waals surface area contributed by atoms with E-state index in [0.29, 0.717) is 12.0 Å². The van der Waals surface area contributed by atoms with Gasteiger partial charge in [0.25, 0.3) is 0 Å². The van der Waals surface area contributed by atoms with Gasteiger partial charge in [0.05, 0.1) is 6.61 Å². The molecule has 0 aliphatic carbocycles. The van der Waals surface area contributed by atoms with Crippen molar-refractivity contribution in [2.24, 2.45) is 5.92 Å². The molecule has 2 aromatic rings. The zero-order valence-electron chi connectivity index (χ0n) is 11.0. The molecule has 2 nitrogen and oxygen atoms in total. The predicted molar refractivity (Wildman–Crippen MR) is 82.4 cm³/mol. The van der Waals surface area contributed by atoms with Crippen molar-refractivity contribution in [1.82, 2.24) is 5.32 Å². The van der Waals surface area contributed by atoms with Crippen molar-refractivity contribution in [3.05, 3.63) is 46.4 Å². The van der Waals surface area contributed by atoms with E-state index < -0.39 is 0 Å². The molecule has 1 heterocycles. The first-order valence-corrected chi connectivity index (χ1v) is 7.51. The van der Waals surface area contributed by atoms with Crippen LogP contribution in [0.25, 0.3) is 10.8 Å². The SMILES string of the molecule is CNC(c1ccc2cc(Br)ccc2c1)C1CCOC1. The van der Waals surface area contributed by atoms with Crippen LogP contribution in [0.4, 0.5) is 0 Å². The predicted octanol–water partition coefficient (Wildman–Crippen LogP) is 3.90. The van der Waals surface area contributed by atoms with E-state index in [1.54, 1.807) is 0 Å². The number of halogens is 1. The third-order valence-electron chi connectivity index (χ3n) is 3.93. The molecule has 0 spiro atoms. The van der Waals surface area contributed by atoms with Crippen molar-refractivity contribution >= 4 is 26.7 Å². The van der Waals surface area contributed by atoms with Crippen LogP contribution in [0.1, 0.15) is 18.0 Å². The van der Waals surface area contributed by atoms with Gasteiger partial charge in [-0.2, -0.15) is 0 Å². The Labute approximate surface area is 122 Å². The first-order chi connectivity index (χ1) is 9.28. The van der Waals surface area contributed by atoms with Crippen LogP contribution in [0.15, 0.2) is 40.9 Å². The molecule has 0 amide bonds. The fraction of sp³-hybridized carbons (Fsp3) is 0.375. The molecular formula is C16H18BrNO. The van der Waals surface area contributed by atoms with Gasteiger partial charge in [0.15, 0.2) is 0 Å². The van der Waals surface area contributed by atoms with Crippen LogP contribution in [0.2, 0.25) is 0 Å². The molecule has 19 heavy (non-hydrogen) atoms. The van der Waals surface area contributed by atoms with Crippen molar-refractivity contribution in [2.75, 3.05) is 20.3 Å². The molecule has 0 aromatic heterocycles. The zero-order chi connectivity index (χ0) is 13.2. The van der Waals surface area contributed by atoms with Crippen LogP contribution in [-0.2, 0) is 4.74 Å². The molecule has 1 aliphatic rings. The standard InChI is InChI=1S/C16H18BrNO/c1-18-16(14-6-7-19-10-14)13-3-2-12-9-15(17)5-4-11(12)8-13/h2-5,8-9,14,16,18H,6-7,10H2,1H3. The highest BCUT2D eigenvalue weighted by atomic mass is 79.9. The summed E-state index contributed by atoms with van der Waals surface area (Å²) in [5.41, 5.74) is 1.35. The smallest absolute Gasteiger partial charge is 0.0513 e. The number of fused-ring (bicyclic) bond motifs is 1. The van der Waals surface area contributed by atoms with Crippen molar-refractivity contribution < 1.29 is 4.74 Å². The van der Waals surface area contributed by atoms with Gasteiger partial charge in [0.1, 0.15) is 0 Å². The highest BCUT2D eigenvalue weighted by Gasteiger charge is 2.25. The summed E-state index contributed by atoms with van der Waals surface area (Å²) in [6.07, 6.45) is 1.14. The van der Waals surface area contributed by atoms with Crippen molar-refractivity contribution in [2.45, 2.75) is 12.5 Å². The Morgan fingerprint density at radius 1 is 1.21 bits per heavy atom. The molecule has 3 rings (SSSR count). The first kappa shape index (κ1) is 13.1. The minimum atomic E-state index is 0.385. The van der Waals surface area contributed by atoms with Crippen LogP contribution in [0.3, 0.4) is 0 Å². The minimum absolute atomic E-state index is 0.385. The van der Waals surface area contributed by atoms with E-state index in [1.807, 2.05) is 7.05 Å². The van der Waals surface area contributed by atoms with Crippen molar-refractivity contribution in [1.29, 1.82) is 0 Å². The second-order valence-electron chi connectivity index (χ2n) is 5.14. The zero-order valence-corrected chi connectivity index (χ0v) is 12.6. The maximum atomic E-state index is 5.52. The van der Waals surface area contributed by atoms with Crippen LogP contribution < -0.4 is 5.32 Å². The number of nitrogens with one attached hydrogen (secondary N) is 1. The molecule has 1 N–H and O–H groups in total. The summed E-state index contributed by atoms with van der Waals surface area (Å²) < 4.78 is 6.65. The molecule has 1 fully saturated rings. The van der Waals surface area contributed by atoms with Crippen molar-refractivity contribution in [3.8, 4) is 0 Å². The molecule has 0 bridgehead atoms. The fourth-order valence-electron chi connectivity index (χ4n) is 2.92. The summed E-state index contributed by atoms with van der Waals surface area (Å²) in [5, 5.41) is 6.01. The summed E-state index contributed by atoms with van der Waals surface area (Å²) in [6.45, 7) is 1.76. The van der Waals surface area contributed by atoms with Gasteiger partial charge in [0.2, 0.25) is 0 Å². The number of hydrogen-bond acceptors (Lipinski definition) is 2. The lowest BCUT2D eigenvalue weighted by atomic mass is 9.91. The van der Waals surface area contributed by atoms with E-state index in [4.69, 9.17) is 4.74 Å². The maximum absolute atomic E-state index is 5.52. The molecule has 0 radical (unpaired) electrons. The highest BCUT2D eigenvalue weighted by molar-refractivity contribution is 9.10. The fourth-order valence-corrected chi connectivity index (χ4v) is 3.30. The van der Waals surface area contributed by atoms with E-state index in [1.165, 1.54) is 16.3 Å². The van der Waals surface area contributed by atoms with E-state index in [2.05, 4.69) is 57.6 Å². The second kappa shape index (κ2) is 5.61. The average Bonchev–Trinajstić information content (AvgIpc) is 2.93. The van der Waals surface area contributed by atoms with E-state index in [9.17, 15) is 0 Å². The minimum Gasteiger partial charge on any atom is -0.381 e. The van der Waals surface area contributed by atoms with Gasteiger partial charge in [-0.3, -0.25) is 0 Å². The van der Waals surface area contributed by atoms with Gasteiger partial charge in [0, 0.05) is 23.0 Å². The Bertz CT molecular complexity index is 578. The van der Waals surface area contributed by atoms with Crippen molar-refractivity contribution in [3.63, 3.8) is 0 Å². The van der Waals surface area contributed by atoms with Gasteiger partial charge < -0.3 is 10.1 Å². The number of benzene rings is 2. The Kier molecular flexibility index (Phi) is 3.87. The summed E-state index contributed by atoms with van der Waals surface area (Å²) in [4.78, 5) is 0. The maximum Gasteiger partial charge on any atom is 0.0513 e. The summed E-state index contributed by atoms with van der Waals surface area (Å²) in [6, 6.07) is 13.5. The number of hydrogen-bond donors (Lipinski definition) is 1. The summed E-state index contributed by atoms with van der Waals surface area (Å²) in [5.74, 6) is 0.581. The molecule has 2 atom stereocenters. The largest absolute Gasteiger partial charge is 0.381 e. The van der Waals surface area contributed by atoms with Gasteiger partial charge in [-0.15, -0.1) is 0 Å². The Balaban J connectivity index is 1.96. The first-order valence-electron chi connectivity index (χ1n) is 6.72. The second-order valence-corrected chi connectivity index (χ2v) is 6.06. The molecule has 2 aromatic carbocycles. The molecule has 2 unspecified atom stereocenters. The third kappa shape index (κ3) is 2.69. The Morgan fingerprint density at radius 2 is 2.00 bits per heavy atom. The van der Waals surface area contributed by atoms with Crippen LogP contribution in [0, 0.1) is 5.92 Å². The number of ether oxygens (including phenoxy) is 1. The van der Waals surface area contributed by atoms with Gasteiger partial charge in [-0.25, -0.2) is 0 Å². The van der Waals surface area contributed by atoms with E-state index in [0.717, 1.165) is 24.1 Å². The summed E-state index contributed by atoms with van der Waals surface area (Å²) in [7, 11) is 2.04. The normalized spacial score (nSPS) is 20.8. The molecule has 3 heteroatoms. The lowest BCUT2D eigenvalue weighted by Gasteiger charge is -2.22. The topological polar surface area (TPSA) is 21.3 Å². The number of rotatable bonds is 3. The lowest BCUT2D eigenvalue weighted by molar-refractivity contribution is 0.178. The average molecular weight is 320 g/mol. The Morgan fingerprint density at radius 3 is 2.74 bits per heavy atom. The van der Waals surface area contributed by atoms with E-state index in [-0.39, 0.29) is 0 Å². The van der Waals surface area contributed by atoms with E-state index >= 15 is 0 Å². The summed E-state index contributed by atoms with van der Waals surface area (Å²) >= 11 is 3.52. The molecular weight excluding hydrogens is 302 g/mol. The molecule has 1 saturated heterocycles. The monoisotopic (exact) mass is 319 g/mol. The molecule has 0 saturated carbocycles. The van der Waals surface area contributed by atoms with Crippen LogP contribution in [-0.4, -0.2) is 20.3 Å². The highest BCUT2D eigenvalue weighted by Crippen LogP contribution is 2.31. The van der Waals surface area contributed by atoms with Crippen LogP contribution in [0.5, 0.6) is 0 Å². The lowest BCUT2D eigenvalue weighted by Crippen LogP contribution is -2.25. The molecule has 100 valence electrons. The molecule has 1 aliphatic heterocycles. The van der Waals surface area contributed by atoms with Gasteiger partial charge in [-0.05, 0) is 48.0 Å². The van der Waals surface area contributed by atoms with Gasteiger partial charge >= 0.3 is 0 Å². The third-order valence-corrected chi connectivity index (χ3v) is 4.43. The quantitative estimate of drug-likeness (QED) is 0.926. The Hall–Kier alpha value is -0.900.